The molecule has 0 bridgehead atoms. The Bertz CT molecular complexity index is 164. The van der Waals surface area contributed by atoms with Crippen LogP contribution in [0.5, 0.6) is 0 Å². The largest absolute Gasteiger partial charge is 0.379 e. The SMILES string of the molecule is C=C(C)COC(C)N1CCOCC1. The van der Waals surface area contributed by atoms with E-state index in [0.717, 1.165) is 31.9 Å². The molecule has 0 aromatic heterocycles. The summed E-state index contributed by atoms with van der Waals surface area (Å²) in [5.41, 5.74) is 1.07. The molecular weight excluding hydrogens is 166 g/mol. The van der Waals surface area contributed by atoms with Crippen LogP contribution in [0, 0.1) is 0 Å². The normalized spacial score (nSPS) is 21.4. The van der Waals surface area contributed by atoms with E-state index in [1.807, 2.05) is 6.92 Å². The van der Waals surface area contributed by atoms with Gasteiger partial charge in [-0.15, -0.1) is 0 Å². The summed E-state index contributed by atoms with van der Waals surface area (Å²) in [6.07, 6.45) is 0.181. The molecule has 13 heavy (non-hydrogen) atoms. The minimum Gasteiger partial charge on any atom is -0.379 e. The highest BCUT2D eigenvalue weighted by atomic mass is 16.5. The van der Waals surface area contributed by atoms with Gasteiger partial charge in [-0.1, -0.05) is 12.2 Å². The van der Waals surface area contributed by atoms with E-state index < -0.39 is 0 Å². The third-order valence-electron chi connectivity index (χ3n) is 2.13. The van der Waals surface area contributed by atoms with Crippen molar-refractivity contribution in [3.8, 4) is 0 Å². The second-order valence-electron chi connectivity index (χ2n) is 3.52. The van der Waals surface area contributed by atoms with Crippen molar-refractivity contribution in [2.75, 3.05) is 32.9 Å². The molecule has 1 aliphatic heterocycles. The zero-order valence-corrected chi connectivity index (χ0v) is 8.58. The molecule has 1 unspecified atom stereocenters. The standard InChI is InChI=1S/C10H19NO2/c1-9(2)8-13-10(3)11-4-6-12-7-5-11/h10H,1,4-8H2,2-3H3. The number of hydrogen-bond acceptors (Lipinski definition) is 3. The maximum Gasteiger partial charge on any atom is 0.108 e. The van der Waals surface area contributed by atoms with Crippen molar-refractivity contribution in [2.45, 2.75) is 20.1 Å². The van der Waals surface area contributed by atoms with Crippen LogP contribution in [0.15, 0.2) is 12.2 Å². The highest BCUT2D eigenvalue weighted by molar-refractivity contribution is 4.87. The summed E-state index contributed by atoms with van der Waals surface area (Å²) >= 11 is 0. The summed E-state index contributed by atoms with van der Waals surface area (Å²) in [5, 5.41) is 0. The van der Waals surface area contributed by atoms with Gasteiger partial charge in [0.15, 0.2) is 0 Å². The third-order valence-corrected chi connectivity index (χ3v) is 2.13. The first-order chi connectivity index (χ1) is 6.20. The van der Waals surface area contributed by atoms with Crippen LogP contribution in [-0.2, 0) is 9.47 Å². The van der Waals surface area contributed by atoms with Gasteiger partial charge in [-0.05, 0) is 13.8 Å². The number of rotatable bonds is 4. The first-order valence-electron chi connectivity index (χ1n) is 4.78. The molecule has 0 aliphatic carbocycles. The molecule has 0 aromatic carbocycles. The Morgan fingerprint density at radius 2 is 2.15 bits per heavy atom. The quantitative estimate of drug-likeness (QED) is 0.615. The Labute approximate surface area is 80.3 Å². The van der Waals surface area contributed by atoms with Crippen molar-refractivity contribution in [3.63, 3.8) is 0 Å². The van der Waals surface area contributed by atoms with Crippen molar-refractivity contribution in [3.05, 3.63) is 12.2 Å². The topological polar surface area (TPSA) is 21.7 Å². The summed E-state index contributed by atoms with van der Waals surface area (Å²) in [6, 6.07) is 0. The first kappa shape index (κ1) is 10.7. The molecule has 0 amide bonds. The molecule has 3 heteroatoms. The van der Waals surface area contributed by atoms with Crippen LogP contribution in [0.25, 0.3) is 0 Å². The van der Waals surface area contributed by atoms with Crippen LogP contribution in [-0.4, -0.2) is 44.0 Å². The molecule has 1 aliphatic rings. The monoisotopic (exact) mass is 185 g/mol. The Balaban J connectivity index is 2.20. The Morgan fingerprint density at radius 1 is 1.54 bits per heavy atom. The maximum absolute atomic E-state index is 5.61. The van der Waals surface area contributed by atoms with Crippen molar-refractivity contribution >= 4 is 0 Å². The molecule has 0 saturated carbocycles. The van der Waals surface area contributed by atoms with E-state index in [1.54, 1.807) is 0 Å². The molecule has 0 radical (unpaired) electrons. The van der Waals surface area contributed by atoms with Gasteiger partial charge >= 0.3 is 0 Å². The third kappa shape index (κ3) is 3.89. The minimum absolute atomic E-state index is 0.181. The Kier molecular flexibility index (Phi) is 4.42. The first-order valence-corrected chi connectivity index (χ1v) is 4.78. The second kappa shape index (κ2) is 5.37. The lowest BCUT2D eigenvalue weighted by Crippen LogP contribution is -2.43. The number of ether oxygens (including phenoxy) is 2. The predicted octanol–water partition coefficient (Wildman–Crippen LogP) is 1.26. The van der Waals surface area contributed by atoms with Gasteiger partial charge in [0.25, 0.3) is 0 Å². The molecule has 76 valence electrons. The van der Waals surface area contributed by atoms with Crippen molar-refractivity contribution in [1.29, 1.82) is 0 Å². The lowest BCUT2D eigenvalue weighted by Gasteiger charge is -2.31. The Morgan fingerprint density at radius 3 is 2.69 bits per heavy atom. The molecule has 0 aromatic rings. The van der Waals surface area contributed by atoms with E-state index in [9.17, 15) is 0 Å². The second-order valence-corrected chi connectivity index (χ2v) is 3.52. The predicted molar refractivity (Wildman–Crippen MR) is 52.6 cm³/mol. The van der Waals surface area contributed by atoms with Crippen LogP contribution < -0.4 is 0 Å². The average Bonchev–Trinajstić information content (AvgIpc) is 2.15. The fraction of sp³-hybridized carbons (Fsp3) is 0.800. The van der Waals surface area contributed by atoms with Gasteiger partial charge in [0.2, 0.25) is 0 Å². The van der Waals surface area contributed by atoms with Crippen LogP contribution in [0.1, 0.15) is 13.8 Å². The van der Waals surface area contributed by atoms with Gasteiger partial charge in [0.1, 0.15) is 6.23 Å². The zero-order valence-electron chi connectivity index (χ0n) is 8.58. The number of morpholine rings is 1. The van der Waals surface area contributed by atoms with E-state index in [4.69, 9.17) is 9.47 Å². The van der Waals surface area contributed by atoms with Crippen LogP contribution in [0.3, 0.4) is 0 Å². The molecule has 1 atom stereocenters. The van der Waals surface area contributed by atoms with Gasteiger partial charge in [0.05, 0.1) is 19.8 Å². The molecule has 0 N–H and O–H groups in total. The van der Waals surface area contributed by atoms with E-state index in [1.165, 1.54) is 0 Å². The van der Waals surface area contributed by atoms with Crippen LogP contribution >= 0.6 is 0 Å². The lowest BCUT2D eigenvalue weighted by atomic mass is 10.3. The molecule has 0 spiro atoms. The van der Waals surface area contributed by atoms with Gasteiger partial charge in [-0.3, -0.25) is 4.90 Å². The van der Waals surface area contributed by atoms with E-state index in [0.29, 0.717) is 6.61 Å². The molecule has 1 rings (SSSR count). The molecule has 1 saturated heterocycles. The smallest absolute Gasteiger partial charge is 0.108 e. The van der Waals surface area contributed by atoms with Gasteiger partial charge in [-0.25, -0.2) is 0 Å². The number of hydrogen-bond donors (Lipinski definition) is 0. The summed E-state index contributed by atoms with van der Waals surface area (Å²) in [4.78, 5) is 2.28. The summed E-state index contributed by atoms with van der Waals surface area (Å²) in [7, 11) is 0. The van der Waals surface area contributed by atoms with Gasteiger partial charge in [0, 0.05) is 13.1 Å². The average molecular weight is 185 g/mol. The lowest BCUT2D eigenvalue weighted by molar-refractivity contribution is -0.0804. The van der Waals surface area contributed by atoms with E-state index >= 15 is 0 Å². The van der Waals surface area contributed by atoms with Crippen LogP contribution in [0.2, 0.25) is 0 Å². The summed E-state index contributed by atoms with van der Waals surface area (Å²) in [6.45, 7) is 12.1. The molecule has 1 heterocycles. The van der Waals surface area contributed by atoms with Gasteiger partial charge < -0.3 is 9.47 Å². The fourth-order valence-corrected chi connectivity index (χ4v) is 1.31. The van der Waals surface area contributed by atoms with E-state index in [-0.39, 0.29) is 6.23 Å². The highest BCUT2D eigenvalue weighted by Crippen LogP contribution is 2.05. The molecule has 1 fully saturated rings. The highest BCUT2D eigenvalue weighted by Gasteiger charge is 2.16. The van der Waals surface area contributed by atoms with Crippen molar-refractivity contribution < 1.29 is 9.47 Å². The van der Waals surface area contributed by atoms with Crippen LogP contribution in [0.4, 0.5) is 0 Å². The molecule has 3 nitrogen and oxygen atoms in total. The maximum atomic E-state index is 5.61. The number of nitrogens with zero attached hydrogens (tertiary/aromatic N) is 1. The fourth-order valence-electron chi connectivity index (χ4n) is 1.31. The van der Waals surface area contributed by atoms with E-state index in [2.05, 4.69) is 18.4 Å². The summed E-state index contributed by atoms with van der Waals surface area (Å²) in [5.74, 6) is 0. The van der Waals surface area contributed by atoms with Gasteiger partial charge in [-0.2, -0.15) is 0 Å². The zero-order chi connectivity index (χ0) is 9.68. The molecular formula is C10H19NO2. The minimum atomic E-state index is 0.181. The van der Waals surface area contributed by atoms with Crippen molar-refractivity contribution in [1.82, 2.24) is 4.90 Å². The van der Waals surface area contributed by atoms with Crippen molar-refractivity contribution in [2.24, 2.45) is 0 Å². The summed E-state index contributed by atoms with van der Waals surface area (Å²) < 4.78 is 10.9. The Hall–Kier alpha value is -0.380.